The number of H-pyrrole nitrogens is 1. The number of aromatic nitrogens is 4. The van der Waals surface area contributed by atoms with Crippen molar-refractivity contribution in [3.05, 3.63) is 59.7 Å². The van der Waals surface area contributed by atoms with E-state index < -0.39 is 0 Å². The maximum Gasteiger partial charge on any atom is 0.255 e. The Morgan fingerprint density at radius 3 is 2.71 bits per heavy atom. The summed E-state index contributed by atoms with van der Waals surface area (Å²) in [5.74, 6) is 0.355. The Hall–Kier alpha value is -3.02. The second-order valence-corrected chi connectivity index (χ2v) is 5.57. The van der Waals surface area contributed by atoms with Gasteiger partial charge in [0, 0.05) is 16.8 Å². The first-order valence-corrected chi connectivity index (χ1v) is 8.00. The lowest BCUT2D eigenvalue weighted by Crippen LogP contribution is -2.11. The topological polar surface area (TPSA) is 83.6 Å². The molecule has 0 saturated carbocycles. The van der Waals surface area contributed by atoms with Crippen LogP contribution in [0, 0.1) is 0 Å². The van der Waals surface area contributed by atoms with E-state index in [0.717, 1.165) is 18.4 Å². The van der Waals surface area contributed by atoms with Crippen molar-refractivity contribution in [3.8, 4) is 11.4 Å². The van der Waals surface area contributed by atoms with E-state index in [2.05, 4.69) is 32.9 Å². The number of carbonyl (C=O) groups excluding carboxylic acids is 1. The SMILES string of the molecule is CCCCc1ccc(C(=O)Nc2cccc(-c3nn[nH]n3)c2)cc1. The van der Waals surface area contributed by atoms with Crippen LogP contribution in [0.5, 0.6) is 0 Å². The molecule has 0 atom stereocenters. The number of hydrogen-bond donors (Lipinski definition) is 2. The van der Waals surface area contributed by atoms with Gasteiger partial charge >= 0.3 is 0 Å². The van der Waals surface area contributed by atoms with Crippen LogP contribution in [0.15, 0.2) is 48.5 Å². The summed E-state index contributed by atoms with van der Waals surface area (Å²) in [6.07, 6.45) is 3.37. The quantitative estimate of drug-likeness (QED) is 0.728. The van der Waals surface area contributed by atoms with Crippen LogP contribution in [0.1, 0.15) is 35.7 Å². The highest BCUT2D eigenvalue weighted by molar-refractivity contribution is 6.04. The molecule has 1 heterocycles. The molecule has 0 fully saturated rings. The third-order valence-electron chi connectivity index (χ3n) is 3.76. The highest BCUT2D eigenvalue weighted by Gasteiger charge is 2.08. The average Bonchev–Trinajstić information content (AvgIpc) is 3.15. The molecule has 122 valence electrons. The number of benzene rings is 2. The van der Waals surface area contributed by atoms with Crippen molar-refractivity contribution in [2.45, 2.75) is 26.2 Å². The zero-order chi connectivity index (χ0) is 16.8. The Kier molecular flexibility index (Phi) is 4.96. The number of unbranched alkanes of at least 4 members (excludes halogenated alkanes) is 1. The summed E-state index contributed by atoms with van der Waals surface area (Å²) in [7, 11) is 0. The summed E-state index contributed by atoms with van der Waals surface area (Å²) in [6, 6.07) is 15.1. The molecule has 3 aromatic rings. The van der Waals surface area contributed by atoms with Crippen molar-refractivity contribution in [2.24, 2.45) is 0 Å². The fraction of sp³-hybridized carbons (Fsp3) is 0.222. The molecule has 6 heteroatoms. The summed E-state index contributed by atoms with van der Waals surface area (Å²) in [5, 5.41) is 16.7. The molecule has 0 radical (unpaired) electrons. The predicted molar refractivity (Wildman–Crippen MR) is 92.6 cm³/mol. The molecule has 0 unspecified atom stereocenters. The lowest BCUT2D eigenvalue weighted by Gasteiger charge is -2.07. The van der Waals surface area contributed by atoms with Gasteiger partial charge in [0.2, 0.25) is 5.82 Å². The van der Waals surface area contributed by atoms with Crippen LogP contribution in [0.4, 0.5) is 5.69 Å². The van der Waals surface area contributed by atoms with Crippen LogP contribution in [0.25, 0.3) is 11.4 Å². The van der Waals surface area contributed by atoms with E-state index in [1.54, 1.807) is 0 Å². The van der Waals surface area contributed by atoms with E-state index in [4.69, 9.17) is 0 Å². The first-order chi connectivity index (χ1) is 11.8. The summed E-state index contributed by atoms with van der Waals surface area (Å²) in [4.78, 5) is 12.4. The minimum absolute atomic E-state index is 0.137. The van der Waals surface area contributed by atoms with Crippen molar-refractivity contribution >= 4 is 11.6 Å². The number of carbonyl (C=O) groups is 1. The van der Waals surface area contributed by atoms with E-state index in [1.165, 1.54) is 12.0 Å². The fourth-order valence-corrected chi connectivity index (χ4v) is 2.43. The zero-order valence-electron chi connectivity index (χ0n) is 13.5. The minimum atomic E-state index is -0.137. The number of amides is 1. The number of anilines is 1. The standard InChI is InChI=1S/C18H19N5O/c1-2-3-5-13-8-10-14(11-9-13)18(24)19-16-7-4-6-15(12-16)17-20-22-23-21-17/h4,6-12H,2-3,5H2,1H3,(H,19,24)(H,20,21,22,23). The summed E-state index contributed by atoms with van der Waals surface area (Å²) in [5.41, 5.74) is 3.38. The number of nitrogens with one attached hydrogen (secondary N) is 2. The van der Waals surface area contributed by atoms with Crippen molar-refractivity contribution in [1.29, 1.82) is 0 Å². The molecule has 0 bridgehead atoms. The third kappa shape index (κ3) is 3.84. The van der Waals surface area contributed by atoms with Crippen LogP contribution in [0.3, 0.4) is 0 Å². The molecule has 3 rings (SSSR count). The van der Waals surface area contributed by atoms with Crippen molar-refractivity contribution in [2.75, 3.05) is 5.32 Å². The molecule has 6 nitrogen and oxygen atoms in total. The molecule has 2 N–H and O–H groups in total. The average molecular weight is 321 g/mol. The maximum absolute atomic E-state index is 12.4. The monoisotopic (exact) mass is 321 g/mol. The van der Waals surface area contributed by atoms with E-state index in [0.29, 0.717) is 17.1 Å². The highest BCUT2D eigenvalue weighted by atomic mass is 16.1. The van der Waals surface area contributed by atoms with Gasteiger partial charge in [-0.2, -0.15) is 5.21 Å². The molecule has 1 aromatic heterocycles. The Bertz CT molecular complexity index is 797. The van der Waals surface area contributed by atoms with E-state index >= 15 is 0 Å². The van der Waals surface area contributed by atoms with Gasteiger partial charge in [-0.1, -0.05) is 37.6 Å². The second-order valence-electron chi connectivity index (χ2n) is 5.57. The first kappa shape index (κ1) is 15.9. The third-order valence-corrected chi connectivity index (χ3v) is 3.76. The largest absolute Gasteiger partial charge is 0.322 e. The van der Waals surface area contributed by atoms with E-state index in [9.17, 15) is 4.79 Å². The van der Waals surface area contributed by atoms with Crippen LogP contribution in [-0.4, -0.2) is 26.5 Å². The lowest BCUT2D eigenvalue weighted by molar-refractivity contribution is 0.102. The number of nitrogens with zero attached hydrogens (tertiary/aromatic N) is 3. The Morgan fingerprint density at radius 2 is 2.00 bits per heavy atom. The number of rotatable bonds is 6. The smallest absolute Gasteiger partial charge is 0.255 e. The van der Waals surface area contributed by atoms with Gasteiger partial charge in [0.25, 0.3) is 5.91 Å². The molecule has 0 aliphatic rings. The Morgan fingerprint density at radius 1 is 1.17 bits per heavy atom. The molecular formula is C18H19N5O. The molecule has 0 aliphatic heterocycles. The number of aryl methyl sites for hydroxylation is 1. The van der Waals surface area contributed by atoms with Gasteiger partial charge in [-0.15, -0.1) is 10.2 Å². The molecular weight excluding hydrogens is 302 g/mol. The van der Waals surface area contributed by atoms with Gasteiger partial charge < -0.3 is 5.32 Å². The Balaban J connectivity index is 1.69. The molecule has 0 saturated heterocycles. The van der Waals surface area contributed by atoms with Crippen LogP contribution >= 0.6 is 0 Å². The van der Waals surface area contributed by atoms with Gasteiger partial charge in [-0.3, -0.25) is 4.79 Å². The molecule has 0 spiro atoms. The molecule has 24 heavy (non-hydrogen) atoms. The van der Waals surface area contributed by atoms with Crippen molar-refractivity contribution < 1.29 is 4.79 Å². The van der Waals surface area contributed by atoms with E-state index in [-0.39, 0.29) is 5.91 Å². The van der Waals surface area contributed by atoms with Gasteiger partial charge in [0.15, 0.2) is 0 Å². The van der Waals surface area contributed by atoms with Gasteiger partial charge in [0.05, 0.1) is 0 Å². The molecule has 2 aromatic carbocycles. The first-order valence-electron chi connectivity index (χ1n) is 8.00. The second kappa shape index (κ2) is 7.50. The van der Waals surface area contributed by atoms with Crippen LogP contribution < -0.4 is 5.32 Å². The molecule has 0 aliphatic carbocycles. The van der Waals surface area contributed by atoms with E-state index in [1.807, 2.05) is 48.5 Å². The van der Waals surface area contributed by atoms with Gasteiger partial charge in [0.1, 0.15) is 0 Å². The van der Waals surface area contributed by atoms with Crippen molar-refractivity contribution in [3.63, 3.8) is 0 Å². The predicted octanol–water partition coefficient (Wildman–Crippen LogP) is 3.46. The van der Waals surface area contributed by atoms with Gasteiger partial charge in [-0.05, 0) is 47.9 Å². The summed E-state index contributed by atoms with van der Waals surface area (Å²) >= 11 is 0. The number of tetrazole rings is 1. The normalized spacial score (nSPS) is 10.5. The number of aromatic amines is 1. The zero-order valence-corrected chi connectivity index (χ0v) is 13.5. The molecule has 1 amide bonds. The van der Waals surface area contributed by atoms with Crippen LogP contribution in [0.2, 0.25) is 0 Å². The highest BCUT2D eigenvalue weighted by Crippen LogP contribution is 2.19. The maximum atomic E-state index is 12.4. The summed E-state index contributed by atoms with van der Waals surface area (Å²) in [6.45, 7) is 2.17. The van der Waals surface area contributed by atoms with Crippen molar-refractivity contribution in [1.82, 2.24) is 20.6 Å². The minimum Gasteiger partial charge on any atom is -0.322 e. The number of hydrogen-bond acceptors (Lipinski definition) is 4. The fourth-order valence-electron chi connectivity index (χ4n) is 2.43. The Labute approximate surface area is 140 Å². The summed E-state index contributed by atoms with van der Waals surface area (Å²) < 4.78 is 0. The van der Waals surface area contributed by atoms with Crippen LogP contribution in [-0.2, 0) is 6.42 Å². The lowest BCUT2D eigenvalue weighted by atomic mass is 10.1. The van der Waals surface area contributed by atoms with Gasteiger partial charge in [-0.25, -0.2) is 0 Å².